The zero-order valence-corrected chi connectivity index (χ0v) is 15.0. The Hall–Kier alpha value is -2.71. The van der Waals surface area contributed by atoms with E-state index in [1.165, 1.54) is 23.5 Å². The van der Waals surface area contributed by atoms with E-state index in [2.05, 4.69) is 10.3 Å². The fourth-order valence-corrected chi connectivity index (χ4v) is 3.26. The molecule has 3 rings (SSSR count). The minimum Gasteiger partial charge on any atom is -0.494 e. The van der Waals surface area contributed by atoms with Gasteiger partial charge in [-0.05, 0) is 36.8 Å². The second-order valence-electron chi connectivity index (χ2n) is 5.38. The lowest BCUT2D eigenvalue weighted by Crippen LogP contribution is -2.12. The maximum atomic E-state index is 12.0. The molecule has 0 unspecified atom stereocenters. The third-order valence-corrected chi connectivity index (χ3v) is 4.65. The largest absolute Gasteiger partial charge is 0.494 e. The third kappa shape index (κ3) is 4.68. The zero-order valence-electron chi connectivity index (χ0n) is 13.5. The van der Waals surface area contributed by atoms with Crippen molar-refractivity contribution in [2.45, 2.75) is 12.8 Å². The number of nitrogens with one attached hydrogen (secondary N) is 1. The number of anilines is 1. The highest BCUT2D eigenvalue weighted by Crippen LogP contribution is 2.29. The van der Waals surface area contributed by atoms with Crippen LogP contribution in [0.3, 0.4) is 0 Å². The highest BCUT2D eigenvalue weighted by atomic mass is 35.5. The molecule has 0 aliphatic carbocycles. The number of nitro groups is 1. The summed E-state index contributed by atoms with van der Waals surface area (Å²) in [6.07, 6.45) is 0.828. The van der Waals surface area contributed by atoms with Crippen molar-refractivity contribution in [1.29, 1.82) is 0 Å². The monoisotopic (exact) mass is 391 g/mol. The van der Waals surface area contributed by atoms with E-state index in [-0.39, 0.29) is 18.0 Å². The van der Waals surface area contributed by atoms with Crippen LogP contribution in [0, 0.1) is 10.1 Å². The van der Waals surface area contributed by atoms with Crippen LogP contribution in [-0.4, -0.2) is 22.4 Å². The van der Waals surface area contributed by atoms with Gasteiger partial charge in [-0.1, -0.05) is 22.9 Å². The number of halogens is 1. The van der Waals surface area contributed by atoms with Crippen molar-refractivity contribution in [2.75, 3.05) is 11.9 Å². The molecule has 26 heavy (non-hydrogen) atoms. The Kier molecular flexibility index (Phi) is 5.65. The molecule has 0 aliphatic heterocycles. The van der Waals surface area contributed by atoms with Gasteiger partial charge in [0.1, 0.15) is 5.75 Å². The molecule has 0 radical (unpaired) electrons. The maximum Gasteiger partial charge on any atom is 0.270 e. The second kappa shape index (κ2) is 8.11. The summed E-state index contributed by atoms with van der Waals surface area (Å²) < 4.78 is 6.18. The minimum atomic E-state index is -0.460. The summed E-state index contributed by atoms with van der Waals surface area (Å²) in [4.78, 5) is 26.6. The number of nitro benzene ring substituents is 1. The summed E-state index contributed by atoms with van der Waals surface area (Å²) >= 11 is 7.00. The highest BCUT2D eigenvalue weighted by Gasteiger charge is 2.12. The normalized spacial score (nSPS) is 10.7. The molecule has 0 fully saturated rings. The first kappa shape index (κ1) is 18.1. The van der Waals surface area contributed by atoms with E-state index in [1.807, 2.05) is 0 Å². The van der Waals surface area contributed by atoms with Crippen molar-refractivity contribution in [3.8, 4) is 5.75 Å². The smallest absolute Gasteiger partial charge is 0.270 e. The predicted octanol–water partition coefficient (Wildman–Crippen LogP) is 4.66. The van der Waals surface area contributed by atoms with Gasteiger partial charge in [-0.3, -0.25) is 14.9 Å². The Bertz CT molecular complexity index is 943. The quantitative estimate of drug-likeness (QED) is 0.359. The first-order chi connectivity index (χ1) is 12.5. The van der Waals surface area contributed by atoms with Crippen LogP contribution in [0.4, 0.5) is 10.8 Å². The number of ether oxygens (including phenoxy) is 1. The Morgan fingerprint density at radius 2 is 2.04 bits per heavy atom. The van der Waals surface area contributed by atoms with Crippen LogP contribution in [0.25, 0.3) is 10.2 Å². The molecule has 0 spiro atoms. The van der Waals surface area contributed by atoms with Gasteiger partial charge in [0.15, 0.2) is 5.13 Å². The van der Waals surface area contributed by atoms with Gasteiger partial charge in [0.05, 0.1) is 21.7 Å². The Morgan fingerprint density at radius 1 is 1.27 bits per heavy atom. The molecule has 1 aromatic heterocycles. The number of fused-ring (bicyclic) bond motifs is 1. The zero-order chi connectivity index (χ0) is 18.5. The number of carbonyl (C=O) groups is 1. The van der Waals surface area contributed by atoms with E-state index in [4.69, 9.17) is 16.3 Å². The van der Waals surface area contributed by atoms with Crippen LogP contribution in [-0.2, 0) is 4.79 Å². The topological polar surface area (TPSA) is 94.4 Å². The molecule has 9 heteroatoms. The number of carbonyl (C=O) groups excluding carboxylic acids is 1. The van der Waals surface area contributed by atoms with E-state index in [1.54, 1.807) is 30.3 Å². The maximum absolute atomic E-state index is 12.0. The summed E-state index contributed by atoms with van der Waals surface area (Å²) in [5.74, 6) is 0.515. The summed E-state index contributed by atoms with van der Waals surface area (Å²) in [5, 5.41) is 14.6. The van der Waals surface area contributed by atoms with Crippen LogP contribution < -0.4 is 10.1 Å². The molecule has 0 atom stereocenters. The number of thiazole rings is 1. The Morgan fingerprint density at radius 3 is 2.77 bits per heavy atom. The lowest BCUT2D eigenvalue weighted by molar-refractivity contribution is -0.384. The molecular weight excluding hydrogens is 378 g/mol. The van der Waals surface area contributed by atoms with Gasteiger partial charge < -0.3 is 10.1 Å². The standard InChI is InChI=1S/C17H14ClN3O4S/c18-11-3-6-13(7-4-11)25-9-1-2-16(22)20-17-19-14-8-5-12(21(23)24)10-15(14)26-17/h3-8,10H,1-2,9H2,(H,19,20,22). The summed E-state index contributed by atoms with van der Waals surface area (Å²) in [7, 11) is 0. The van der Waals surface area contributed by atoms with Crippen molar-refractivity contribution in [1.82, 2.24) is 4.98 Å². The summed E-state index contributed by atoms with van der Waals surface area (Å²) in [6, 6.07) is 11.4. The third-order valence-electron chi connectivity index (χ3n) is 3.46. The summed E-state index contributed by atoms with van der Waals surface area (Å²) in [6.45, 7) is 0.404. The van der Waals surface area contributed by atoms with Crippen molar-refractivity contribution >= 4 is 49.9 Å². The lowest BCUT2D eigenvalue weighted by Gasteiger charge is -2.06. The predicted molar refractivity (Wildman–Crippen MR) is 101 cm³/mol. The van der Waals surface area contributed by atoms with E-state index < -0.39 is 4.92 Å². The van der Waals surface area contributed by atoms with Gasteiger partial charge >= 0.3 is 0 Å². The number of aromatic nitrogens is 1. The molecule has 2 aromatic carbocycles. The molecule has 0 saturated carbocycles. The molecule has 7 nitrogen and oxygen atoms in total. The summed E-state index contributed by atoms with van der Waals surface area (Å²) in [5.41, 5.74) is 0.611. The Balaban J connectivity index is 1.49. The average Bonchev–Trinajstić information content (AvgIpc) is 3.01. The molecule has 0 bridgehead atoms. The number of nitrogens with zero attached hydrogens (tertiary/aromatic N) is 2. The van der Waals surface area contributed by atoms with Gasteiger partial charge in [-0.15, -0.1) is 0 Å². The van der Waals surface area contributed by atoms with Crippen molar-refractivity contribution in [2.24, 2.45) is 0 Å². The Labute approximate surface area is 157 Å². The molecule has 0 saturated heterocycles. The number of benzene rings is 2. The first-order valence-corrected chi connectivity index (χ1v) is 8.94. The number of amides is 1. The molecule has 1 heterocycles. The average molecular weight is 392 g/mol. The van der Waals surface area contributed by atoms with Gasteiger partial charge in [0, 0.05) is 23.6 Å². The number of non-ortho nitro benzene ring substituents is 1. The van der Waals surface area contributed by atoms with Crippen molar-refractivity contribution in [3.63, 3.8) is 0 Å². The lowest BCUT2D eigenvalue weighted by atomic mass is 10.3. The fourth-order valence-electron chi connectivity index (χ4n) is 2.22. The van der Waals surface area contributed by atoms with Gasteiger partial charge in [-0.2, -0.15) is 0 Å². The van der Waals surface area contributed by atoms with E-state index in [9.17, 15) is 14.9 Å². The number of hydrogen-bond acceptors (Lipinski definition) is 6. The van der Waals surface area contributed by atoms with Crippen LogP contribution >= 0.6 is 22.9 Å². The highest BCUT2D eigenvalue weighted by molar-refractivity contribution is 7.22. The molecule has 3 aromatic rings. The van der Waals surface area contributed by atoms with E-state index >= 15 is 0 Å². The molecular formula is C17H14ClN3O4S. The molecule has 1 N–H and O–H groups in total. The fraction of sp³-hybridized carbons (Fsp3) is 0.176. The molecule has 1 amide bonds. The number of rotatable bonds is 7. The van der Waals surface area contributed by atoms with Gasteiger partial charge in [-0.25, -0.2) is 4.98 Å². The SMILES string of the molecule is O=C(CCCOc1ccc(Cl)cc1)Nc1nc2ccc([N+](=O)[O-])cc2s1. The minimum absolute atomic E-state index is 0.00150. The van der Waals surface area contributed by atoms with Crippen LogP contribution in [0.2, 0.25) is 5.02 Å². The molecule has 134 valence electrons. The van der Waals surface area contributed by atoms with Crippen molar-refractivity contribution < 1.29 is 14.5 Å². The van der Waals surface area contributed by atoms with Crippen LogP contribution in [0.5, 0.6) is 5.75 Å². The number of hydrogen-bond donors (Lipinski definition) is 1. The molecule has 0 aliphatic rings. The van der Waals surface area contributed by atoms with E-state index in [0.717, 1.165) is 0 Å². The first-order valence-electron chi connectivity index (χ1n) is 7.74. The van der Waals surface area contributed by atoms with Crippen LogP contribution in [0.1, 0.15) is 12.8 Å². The van der Waals surface area contributed by atoms with E-state index in [0.29, 0.717) is 39.1 Å². The second-order valence-corrected chi connectivity index (χ2v) is 6.85. The van der Waals surface area contributed by atoms with Crippen molar-refractivity contribution in [3.05, 3.63) is 57.6 Å². The van der Waals surface area contributed by atoms with Gasteiger partial charge in [0.2, 0.25) is 5.91 Å². The van der Waals surface area contributed by atoms with Crippen LogP contribution in [0.15, 0.2) is 42.5 Å². The van der Waals surface area contributed by atoms with Gasteiger partial charge in [0.25, 0.3) is 5.69 Å².